The topological polar surface area (TPSA) is 56.9 Å². The number of halogens is 3. The van der Waals surface area contributed by atoms with Gasteiger partial charge in [0.15, 0.2) is 5.11 Å². The summed E-state index contributed by atoms with van der Waals surface area (Å²) in [6.07, 6.45) is 1.13. The number of hydrogen-bond donors (Lipinski definition) is 2. The van der Waals surface area contributed by atoms with Crippen molar-refractivity contribution in [3.63, 3.8) is 0 Å². The van der Waals surface area contributed by atoms with Crippen LogP contribution in [0.2, 0.25) is 0 Å². The largest absolute Gasteiger partial charge is 0.375 e. The maximum absolute atomic E-state index is 14.7. The lowest BCUT2D eigenvalue weighted by molar-refractivity contribution is 0.123. The number of hydrazone groups is 1. The molecule has 0 bridgehead atoms. The summed E-state index contributed by atoms with van der Waals surface area (Å²) < 4.78 is 42.4. The lowest BCUT2D eigenvalue weighted by Crippen LogP contribution is -2.56. The number of hydrogen-bond acceptors (Lipinski definition) is 4. The zero-order valence-corrected chi connectivity index (χ0v) is 17.6. The van der Waals surface area contributed by atoms with Gasteiger partial charge in [-0.1, -0.05) is 12.1 Å². The maximum atomic E-state index is 14.7. The highest BCUT2D eigenvalue weighted by molar-refractivity contribution is 7.80. The molecule has 1 saturated heterocycles. The normalized spacial score (nSPS) is 20.0. The van der Waals surface area contributed by atoms with Crippen LogP contribution in [-0.4, -0.2) is 41.4 Å². The van der Waals surface area contributed by atoms with Gasteiger partial charge in [0.25, 0.3) is 0 Å². The van der Waals surface area contributed by atoms with Crippen molar-refractivity contribution in [1.29, 1.82) is 0 Å². The Morgan fingerprint density at radius 1 is 1.13 bits per heavy atom. The van der Waals surface area contributed by atoms with Crippen molar-refractivity contribution >= 4 is 29.2 Å². The number of nitrogens with two attached hydrogens (primary N) is 1. The Morgan fingerprint density at radius 3 is 2.37 bits per heavy atom. The van der Waals surface area contributed by atoms with Crippen molar-refractivity contribution in [3.8, 4) is 0 Å². The molecule has 1 aliphatic rings. The highest BCUT2D eigenvalue weighted by Gasteiger charge is 2.31. The van der Waals surface area contributed by atoms with Gasteiger partial charge in [-0.25, -0.2) is 13.2 Å². The molecule has 0 saturated carbocycles. The van der Waals surface area contributed by atoms with Crippen molar-refractivity contribution in [2.24, 2.45) is 10.8 Å². The molecule has 1 heterocycles. The van der Waals surface area contributed by atoms with E-state index in [-0.39, 0.29) is 34.3 Å². The summed E-state index contributed by atoms with van der Waals surface area (Å²) in [7, 11) is 0. The van der Waals surface area contributed by atoms with Gasteiger partial charge in [-0.3, -0.25) is 10.3 Å². The number of anilines is 1. The van der Waals surface area contributed by atoms with Crippen molar-refractivity contribution in [1.82, 2.24) is 10.3 Å². The van der Waals surface area contributed by atoms with Gasteiger partial charge in [0.2, 0.25) is 0 Å². The molecule has 1 fully saturated rings. The molecule has 0 unspecified atom stereocenters. The van der Waals surface area contributed by atoms with Crippen LogP contribution in [0.4, 0.5) is 18.9 Å². The van der Waals surface area contributed by atoms with Gasteiger partial charge < -0.3 is 10.6 Å². The van der Waals surface area contributed by atoms with E-state index in [0.717, 1.165) is 17.8 Å². The number of benzene rings is 2. The molecule has 2 aromatic carbocycles. The Labute approximate surface area is 179 Å². The zero-order valence-electron chi connectivity index (χ0n) is 16.8. The van der Waals surface area contributed by atoms with Gasteiger partial charge in [-0.15, -0.1) is 0 Å². The van der Waals surface area contributed by atoms with Gasteiger partial charge in [0, 0.05) is 43.3 Å². The summed E-state index contributed by atoms with van der Waals surface area (Å²) in [5, 5.41) is 3.61. The van der Waals surface area contributed by atoms with E-state index in [1.165, 1.54) is 18.2 Å². The van der Waals surface area contributed by atoms with Crippen LogP contribution in [0.15, 0.2) is 41.5 Å². The fourth-order valence-electron chi connectivity index (χ4n) is 3.72. The predicted molar refractivity (Wildman–Crippen MR) is 117 cm³/mol. The molecule has 0 aromatic heterocycles. The minimum absolute atomic E-state index is 0.00366. The molecule has 30 heavy (non-hydrogen) atoms. The molecule has 0 aliphatic carbocycles. The standard InChI is InChI=1S/C21H24F3N5S/c1-13-10-28(11-14(2)29(13)12-15-3-5-17(22)6-4-15)20-8-18(23)16(7-19(20)24)9-26-27-21(25)30/h3-9,13-14H,10-12H2,1-2H3,(H3,25,27,30)/b26-9+/t13-,14+. The molecule has 160 valence electrons. The molecule has 2 aromatic rings. The van der Waals surface area contributed by atoms with Gasteiger partial charge in [0.05, 0.1) is 11.9 Å². The predicted octanol–water partition coefficient (Wildman–Crippen LogP) is 3.37. The molecular weight excluding hydrogens is 411 g/mol. The SMILES string of the molecule is C[C@@H]1CN(c2cc(F)c(/C=N/NC(N)=S)cc2F)C[C@H](C)N1Cc1ccc(F)cc1. The van der Waals surface area contributed by atoms with Crippen molar-refractivity contribution < 1.29 is 13.2 Å². The highest BCUT2D eigenvalue weighted by atomic mass is 32.1. The Morgan fingerprint density at radius 2 is 1.77 bits per heavy atom. The lowest BCUT2D eigenvalue weighted by Gasteiger charge is -2.45. The van der Waals surface area contributed by atoms with Crippen LogP contribution < -0.4 is 16.1 Å². The Kier molecular flexibility index (Phi) is 6.94. The quantitative estimate of drug-likeness (QED) is 0.429. The monoisotopic (exact) mass is 435 g/mol. The molecule has 0 spiro atoms. The van der Waals surface area contributed by atoms with E-state index in [2.05, 4.69) is 27.6 Å². The van der Waals surface area contributed by atoms with Crippen LogP contribution in [0.25, 0.3) is 0 Å². The van der Waals surface area contributed by atoms with E-state index in [4.69, 9.17) is 5.73 Å². The van der Waals surface area contributed by atoms with Gasteiger partial charge >= 0.3 is 0 Å². The first-order valence-corrected chi connectivity index (χ1v) is 9.98. The average molecular weight is 436 g/mol. The number of piperazine rings is 1. The van der Waals surface area contributed by atoms with Crippen LogP contribution in [0.1, 0.15) is 25.0 Å². The first-order valence-electron chi connectivity index (χ1n) is 9.57. The Bertz CT molecular complexity index is 923. The number of thiocarbonyl (C=S) groups is 1. The van der Waals surface area contributed by atoms with E-state index in [1.807, 2.05) is 18.7 Å². The first-order chi connectivity index (χ1) is 14.2. The first kappa shape index (κ1) is 22.0. The van der Waals surface area contributed by atoms with Crippen LogP contribution >= 0.6 is 12.2 Å². The van der Waals surface area contributed by atoms with Gasteiger partial charge in [-0.2, -0.15) is 5.10 Å². The molecule has 1 aliphatic heterocycles. The molecule has 3 rings (SSSR count). The molecule has 3 N–H and O–H groups in total. The minimum atomic E-state index is -0.589. The summed E-state index contributed by atoms with van der Waals surface area (Å²) in [6, 6.07) is 8.91. The average Bonchev–Trinajstić information content (AvgIpc) is 2.68. The lowest BCUT2D eigenvalue weighted by atomic mass is 10.0. The van der Waals surface area contributed by atoms with E-state index in [1.54, 1.807) is 12.1 Å². The second kappa shape index (κ2) is 9.44. The van der Waals surface area contributed by atoms with Crippen LogP contribution in [-0.2, 0) is 6.54 Å². The van der Waals surface area contributed by atoms with Crippen molar-refractivity contribution in [2.45, 2.75) is 32.5 Å². The Hall–Kier alpha value is -2.65. The van der Waals surface area contributed by atoms with Crippen LogP contribution in [0.3, 0.4) is 0 Å². The second-order valence-corrected chi connectivity index (χ2v) is 7.90. The summed E-state index contributed by atoms with van der Waals surface area (Å²) in [5.74, 6) is -1.38. The molecule has 5 nitrogen and oxygen atoms in total. The molecule has 2 atom stereocenters. The number of nitrogens with one attached hydrogen (secondary N) is 1. The number of nitrogens with zero attached hydrogens (tertiary/aromatic N) is 3. The molecule has 9 heteroatoms. The van der Waals surface area contributed by atoms with Crippen LogP contribution in [0, 0.1) is 17.5 Å². The van der Waals surface area contributed by atoms with Crippen molar-refractivity contribution in [3.05, 3.63) is 65.0 Å². The Balaban J connectivity index is 1.73. The molecule has 0 radical (unpaired) electrons. The number of rotatable bonds is 5. The summed E-state index contributed by atoms with van der Waals surface area (Å²) >= 11 is 4.61. The fourth-order valence-corrected chi connectivity index (χ4v) is 3.78. The second-order valence-electron chi connectivity index (χ2n) is 7.46. The van der Waals surface area contributed by atoms with Gasteiger partial charge in [0.1, 0.15) is 17.5 Å². The molecular formula is C21H24F3N5S. The van der Waals surface area contributed by atoms with E-state index in [9.17, 15) is 13.2 Å². The van der Waals surface area contributed by atoms with Crippen molar-refractivity contribution in [2.75, 3.05) is 18.0 Å². The summed E-state index contributed by atoms with van der Waals surface area (Å²) in [6.45, 7) is 5.83. The zero-order chi connectivity index (χ0) is 21.8. The van der Waals surface area contributed by atoms with Gasteiger partial charge in [-0.05, 0) is 49.8 Å². The smallest absolute Gasteiger partial charge is 0.184 e. The third-order valence-electron chi connectivity index (χ3n) is 5.17. The van der Waals surface area contributed by atoms with Crippen LogP contribution in [0.5, 0.6) is 0 Å². The summed E-state index contributed by atoms with van der Waals surface area (Å²) in [5.41, 5.74) is 8.78. The third-order valence-corrected chi connectivity index (χ3v) is 5.26. The summed E-state index contributed by atoms with van der Waals surface area (Å²) in [4.78, 5) is 4.13. The highest BCUT2D eigenvalue weighted by Crippen LogP contribution is 2.28. The van der Waals surface area contributed by atoms with E-state index >= 15 is 0 Å². The molecule has 0 amide bonds. The van der Waals surface area contributed by atoms with E-state index in [0.29, 0.717) is 19.6 Å². The van der Waals surface area contributed by atoms with E-state index < -0.39 is 11.6 Å². The maximum Gasteiger partial charge on any atom is 0.184 e. The fraction of sp³-hybridized carbons (Fsp3) is 0.333. The minimum Gasteiger partial charge on any atom is -0.375 e. The third kappa shape index (κ3) is 5.28.